The van der Waals surface area contributed by atoms with E-state index in [2.05, 4.69) is 15.3 Å². The largest absolute Gasteiger partial charge is 0.366 e. The Morgan fingerprint density at radius 2 is 2.11 bits per heavy atom. The molecule has 2 aromatic rings. The Hall–Kier alpha value is -2.43. The van der Waals surface area contributed by atoms with Gasteiger partial charge in [-0.15, -0.1) is 0 Å². The number of aldehydes is 1. The molecular weight excluding hydrogens is 230 g/mol. The molecule has 5 nitrogen and oxygen atoms in total. The summed E-state index contributed by atoms with van der Waals surface area (Å²) in [5.41, 5.74) is 1.37. The Labute approximate surface area is 105 Å². The average molecular weight is 245 g/mol. The first-order valence-electron chi connectivity index (χ1n) is 5.10. The van der Waals surface area contributed by atoms with Gasteiger partial charge in [-0.25, -0.2) is 4.98 Å². The Bertz CT molecular complexity index is 541. The lowest BCUT2D eigenvalue weighted by Gasteiger charge is -2.04. The quantitative estimate of drug-likeness (QED) is 0.806. The van der Waals surface area contributed by atoms with Gasteiger partial charge in [0, 0.05) is 30.6 Å². The van der Waals surface area contributed by atoms with E-state index in [-0.39, 0.29) is 13.0 Å². The molecule has 0 saturated carbocycles. The molecule has 0 bridgehead atoms. The second-order valence-electron chi connectivity index (χ2n) is 3.51. The molecule has 2 N–H and O–H groups in total. The lowest BCUT2D eigenvalue weighted by Crippen LogP contribution is -2.06. The Balaban J connectivity index is 0.00000162. The maximum absolute atomic E-state index is 10.8. The standard InChI is InChI=1S/C12H11N3O2.CH4/c16-8-10-1-3-11(14-7-10)13-5-9-2-4-12(17)15-6-9;/h1-4,6-8H,5H2,(H,13,14)(H,15,17);1H4. The number of pyridine rings is 2. The summed E-state index contributed by atoms with van der Waals surface area (Å²) in [5.74, 6) is 0.682. The summed E-state index contributed by atoms with van der Waals surface area (Å²) in [6, 6.07) is 6.64. The predicted molar refractivity (Wildman–Crippen MR) is 70.7 cm³/mol. The fourth-order valence-electron chi connectivity index (χ4n) is 1.32. The van der Waals surface area contributed by atoms with Crippen LogP contribution in [0.3, 0.4) is 0 Å². The van der Waals surface area contributed by atoms with Gasteiger partial charge in [0.15, 0.2) is 6.29 Å². The highest BCUT2D eigenvalue weighted by molar-refractivity contribution is 5.74. The van der Waals surface area contributed by atoms with Crippen molar-refractivity contribution in [1.29, 1.82) is 0 Å². The molecule has 0 aliphatic heterocycles. The zero-order valence-electron chi connectivity index (χ0n) is 9.01. The minimum atomic E-state index is -0.123. The van der Waals surface area contributed by atoms with E-state index < -0.39 is 0 Å². The van der Waals surface area contributed by atoms with Crippen molar-refractivity contribution < 1.29 is 4.79 Å². The number of H-pyrrole nitrogens is 1. The topological polar surface area (TPSA) is 74.8 Å². The maximum atomic E-state index is 10.8. The molecule has 0 saturated heterocycles. The van der Waals surface area contributed by atoms with Crippen LogP contribution in [0.2, 0.25) is 0 Å². The van der Waals surface area contributed by atoms with E-state index in [0.717, 1.165) is 11.8 Å². The smallest absolute Gasteiger partial charge is 0.247 e. The summed E-state index contributed by atoms with van der Waals surface area (Å²) in [7, 11) is 0. The molecule has 0 fully saturated rings. The highest BCUT2D eigenvalue weighted by Crippen LogP contribution is 2.05. The third-order valence-corrected chi connectivity index (χ3v) is 2.24. The van der Waals surface area contributed by atoms with Crippen LogP contribution in [-0.2, 0) is 6.54 Å². The van der Waals surface area contributed by atoms with E-state index in [1.807, 2.05) is 0 Å². The summed E-state index contributed by atoms with van der Waals surface area (Å²) in [6.45, 7) is 0.560. The number of hydrogen-bond acceptors (Lipinski definition) is 4. The van der Waals surface area contributed by atoms with Crippen molar-refractivity contribution in [2.45, 2.75) is 14.0 Å². The Morgan fingerprint density at radius 1 is 1.28 bits per heavy atom. The molecule has 0 aliphatic carbocycles. The number of nitrogens with one attached hydrogen (secondary N) is 2. The van der Waals surface area contributed by atoms with Gasteiger partial charge in [-0.2, -0.15) is 0 Å². The highest BCUT2D eigenvalue weighted by Gasteiger charge is 1.96. The van der Waals surface area contributed by atoms with E-state index in [0.29, 0.717) is 17.9 Å². The molecule has 94 valence electrons. The van der Waals surface area contributed by atoms with E-state index in [9.17, 15) is 9.59 Å². The molecule has 18 heavy (non-hydrogen) atoms. The molecule has 0 aromatic carbocycles. The number of hydrogen-bond donors (Lipinski definition) is 2. The number of anilines is 1. The monoisotopic (exact) mass is 245 g/mol. The van der Waals surface area contributed by atoms with Gasteiger partial charge in [-0.05, 0) is 17.7 Å². The number of rotatable bonds is 4. The van der Waals surface area contributed by atoms with Gasteiger partial charge < -0.3 is 10.3 Å². The van der Waals surface area contributed by atoms with Crippen LogP contribution in [0.4, 0.5) is 5.82 Å². The molecule has 0 unspecified atom stereocenters. The Kier molecular flexibility index (Phi) is 4.80. The first kappa shape index (κ1) is 13.6. The average Bonchev–Trinajstić information content (AvgIpc) is 2.39. The van der Waals surface area contributed by atoms with Crippen molar-refractivity contribution in [2.75, 3.05) is 5.32 Å². The SMILES string of the molecule is C.O=Cc1ccc(NCc2ccc(=O)[nH]c2)nc1. The highest BCUT2D eigenvalue weighted by atomic mass is 16.1. The third kappa shape index (κ3) is 3.55. The number of nitrogens with zero attached hydrogens (tertiary/aromatic N) is 1. The van der Waals surface area contributed by atoms with E-state index in [1.54, 1.807) is 24.4 Å². The summed E-state index contributed by atoms with van der Waals surface area (Å²) in [6.07, 6.45) is 3.90. The third-order valence-electron chi connectivity index (χ3n) is 2.24. The zero-order valence-corrected chi connectivity index (χ0v) is 9.01. The number of carbonyl (C=O) groups excluding carboxylic acids is 1. The Morgan fingerprint density at radius 3 is 2.67 bits per heavy atom. The molecule has 2 heterocycles. The summed E-state index contributed by atoms with van der Waals surface area (Å²) < 4.78 is 0. The number of aromatic nitrogens is 2. The van der Waals surface area contributed by atoms with Crippen molar-refractivity contribution in [3.63, 3.8) is 0 Å². The fraction of sp³-hybridized carbons (Fsp3) is 0.154. The van der Waals surface area contributed by atoms with E-state index in [1.165, 1.54) is 12.3 Å². The van der Waals surface area contributed by atoms with Gasteiger partial charge in [0.1, 0.15) is 5.82 Å². The molecule has 2 aromatic heterocycles. The lowest BCUT2D eigenvalue weighted by molar-refractivity contribution is 0.112. The fourth-order valence-corrected chi connectivity index (χ4v) is 1.32. The summed E-state index contributed by atoms with van der Waals surface area (Å²) in [5, 5.41) is 3.08. The molecule has 0 radical (unpaired) electrons. The van der Waals surface area contributed by atoms with Gasteiger partial charge in [-0.1, -0.05) is 13.5 Å². The first-order chi connectivity index (χ1) is 8.28. The van der Waals surface area contributed by atoms with Gasteiger partial charge >= 0.3 is 0 Å². The molecule has 0 spiro atoms. The molecule has 0 aliphatic rings. The summed E-state index contributed by atoms with van der Waals surface area (Å²) >= 11 is 0. The van der Waals surface area contributed by atoms with Crippen LogP contribution in [0.15, 0.2) is 41.5 Å². The minimum Gasteiger partial charge on any atom is -0.366 e. The maximum Gasteiger partial charge on any atom is 0.247 e. The second kappa shape index (κ2) is 6.34. The molecule has 5 heteroatoms. The van der Waals surface area contributed by atoms with Crippen molar-refractivity contribution in [1.82, 2.24) is 9.97 Å². The second-order valence-corrected chi connectivity index (χ2v) is 3.51. The minimum absolute atomic E-state index is 0. The van der Waals surface area contributed by atoms with Crippen LogP contribution in [0.5, 0.6) is 0 Å². The van der Waals surface area contributed by atoms with Gasteiger partial charge in [0.05, 0.1) is 0 Å². The summed E-state index contributed by atoms with van der Waals surface area (Å²) in [4.78, 5) is 27.9. The van der Waals surface area contributed by atoms with Crippen LogP contribution in [0.1, 0.15) is 23.3 Å². The van der Waals surface area contributed by atoms with Gasteiger partial charge in [0.2, 0.25) is 5.56 Å². The van der Waals surface area contributed by atoms with Crippen LogP contribution in [0, 0.1) is 0 Å². The first-order valence-corrected chi connectivity index (χ1v) is 5.10. The van der Waals surface area contributed by atoms with Crippen molar-refractivity contribution in [3.8, 4) is 0 Å². The van der Waals surface area contributed by atoms with Crippen molar-refractivity contribution in [2.24, 2.45) is 0 Å². The molecule has 2 rings (SSSR count). The molecular formula is C13H15N3O2. The van der Waals surface area contributed by atoms with Crippen molar-refractivity contribution in [3.05, 3.63) is 58.1 Å². The lowest BCUT2D eigenvalue weighted by atomic mass is 10.3. The van der Waals surface area contributed by atoms with Crippen LogP contribution >= 0.6 is 0 Å². The van der Waals surface area contributed by atoms with E-state index >= 15 is 0 Å². The van der Waals surface area contributed by atoms with E-state index in [4.69, 9.17) is 0 Å². The number of aromatic amines is 1. The van der Waals surface area contributed by atoms with Gasteiger partial charge in [-0.3, -0.25) is 9.59 Å². The van der Waals surface area contributed by atoms with Crippen LogP contribution < -0.4 is 10.9 Å². The molecule has 0 amide bonds. The normalized spacial score (nSPS) is 9.33. The van der Waals surface area contributed by atoms with Gasteiger partial charge in [0.25, 0.3) is 0 Å². The molecule has 0 atom stereocenters. The number of carbonyl (C=O) groups is 1. The zero-order chi connectivity index (χ0) is 12.1. The van der Waals surface area contributed by atoms with Crippen LogP contribution in [0.25, 0.3) is 0 Å². The predicted octanol–water partition coefficient (Wildman–Crippen LogP) is 1.83. The van der Waals surface area contributed by atoms with Crippen molar-refractivity contribution >= 4 is 12.1 Å². The van der Waals surface area contributed by atoms with Crippen LogP contribution in [-0.4, -0.2) is 16.3 Å².